The fourth-order valence-corrected chi connectivity index (χ4v) is 3.16. The zero-order valence-electron chi connectivity index (χ0n) is 10.3. The van der Waals surface area contributed by atoms with Crippen LogP contribution in [0.2, 0.25) is 0 Å². The molecule has 20 heavy (non-hydrogen) atoms. The molecule has 0 amide bonds. The number of rotatable bonds is 4. The van der Waals surface area contributed by atoms with Gasteiger partial charge in [0.05, 0.1) is 18.1 Å². The Hall–Kier alpha value is -1.19. The van der Waals surface area contributed by atoms with E-state index < -0.39 is 10.0 Å². The summed E-state index contributed by atoms with van der Waals surface area (Å²) in [5.74, 6) is 0.354. The molecule has 1 aromatic heterocycles. The van der Waals surface area contributed by atoms with Gasteiger partial charge in [-0.15, -0.1) is 0 Å². The average Bonchev–Trinajstić information content (AvgIpc) is 2.43. The van der Waals surface area contributed by atoms with Crippen molar-refractivity contribution in [3.8, 4) is 0 Å². The molecule has 1 heterocycles. The van der Waals surface area contributed by atoms with Crippen molar-refractivity contribution in [3.05, 3.63) is 39.5 Å². The Labute approximate surface area is 133 Å². The maximum absolute atomic E-state index is 12.2. The second-order valence-corrected chi connectivity index (χ2v) is 7.17. The van der Waals surface area contributed by atoms with E-state index in [1.165, 1.54) is 12.4 Å². The summed E-state index contributed by atoms with van der Waals surface area (Å²) in [6.07, 6.45) is 2.49. The Kier molecular flexibility index (Phi) is 4.61. The first-order valence-electron chi connectivity index (χ1n) is 5.40. The monoisotopic (exact) mass is 420 g/mol. The summed E-state index contributed by atoms with van der Waals surface area (Å²) in [6, 6.07) is 5.19. The molecule has 106 valence electrons. The highest BCUT2D eigenvalue weighted by Crippen LogP contribution is 2.28. The van der Waals surface area contributed by atoms with Crippen LogP contribution in [0.4, 0.5) is 11.6 Å². The molecule has 2 rings (SSSR count). The second kappa shape index (κ2) is 6.06. The van der Waals surface area contributed by atoms with E-state index in [0.717, 1.165) is 4.47 Å². The van der Waals surface area contributed by atoms with Crippen molar-refractivity contribution in [3.63, 3.8) is 0 Å². The first-order valence-corrected chi connectivity index (χ1v) is 8.47. The van der Waals surface area contributed by atoms with Gasteiger partial charge in [-0.25, -0.2) is 18.4 Å². The van der Waals surface area contributed by atoms with E-state index in [9.17, 15) is 8.42 Å². The van der Waals surface area contributed by atoms with Gasteiger partial charge in [0.25, 0.3) is 10.0 Å². The highest BCUT2D eigenvalue weighted by molar-refractivity contribution is 9.11. The van der Waals surface area contributed by atoms with E-state index >= 15 is 0 Å². The van der Waals surface area contributed by atoms with Gasteiger partial charge in [-0.3, -0.25) is 4.72 Å². The molecule has 0 saturated carbocycles. The van der Waals surface area contributed by atoms with E-state index in [4.69, 9.17) is 0 Å². The van der Waals surface area contributed by atoms with E-state index in [-0.39, 0.29) is 4.90 Å². The van der Waals surface area contributed by atoms with Crippen LogP contribution in [-0.2, 0) is 10.0 Å². The third-order valence-corrected chi connectivity index (χ3v) is 4.84. The summed E-state index contributed by atoms with van der Waals surface area (Å²) in [5.41, 5.74) is 0.428. The average molecular weight is 422 g/mol. The van der Waals surface area contributed by atoms with Crippen LogP contribution in [0.1, 0.15) is 0 Å². The molecule has 0 saturated heterocycles. The number of nitrogens with one attached hydrogen (secondary N) is 2. The van der Waals surface area contributed by atoms with E-state index in [0.29, 0.717) is 16.1 Å². The number of nitrogens with zero attached hydrogens (tertiary/aromatic N) is 2. The van der Waals surface area contributed by atoms with Crippen LogP contribution in [0.25, 0.3) is 0 Å². The highest BCUT2D eigenvalue weighted by Gasteiger charge is 2.17. The van der Waals surface area contributed by atoms with Gasteiger partial charge in [-0.2, -0.15) is 0 Å². The minimum atomic E-state index is -3.73. The SMILES string of the molecule is CNc1ncc(S(=O)(=O)Nc2cc(Br)ccc2Br)cn1. The van der Waals surface area contributed by atoms with E-state index in [1.807, 2.05) is 0 Å². The van der Waals surface area contributed by atoms with Crippen molar-refractivity contribution in [1.29, 1.82) is 0 Å². The van der Waals surface area contributed by atoms with Gasteiger partial charge in [0.1, 0.15) is 4.90 Å². The van der Waals surface area contributed by atoms with Gasteiger partial charge >= 0.3 is 0 Å². The zero-order chi connectivity index (χ0) is 14.8. The van der Waals surface area contributed by atoms with Crippen molar-refractivity contribution in [2.75, 3.05) is 17.1 Å². The fraction of sp³-hybridized carbons (Fsp3) is 0.0909. The Morgan fingerprint density at radius 3 is 2.40 bits per heavy atom. The standard InChI is InChI=1S/C11H10Br2N4O2S/c1-14-11-15-5-8(6-16-11)20(18,19)17-10-4-7(12)2-3-9(10)13/h2-6,17H,1H3,(H,14,15,16). The minimum absolute atomic E-state index is 0.0108. The lowest BCUT2D eigenvalue weighted by molar-refractivity contribution is 0.600. The van der Waals surface area contributed by atoms with Crippen molar-refractivity contribution in [1.82, 2.24) is 9.97 Å². The Morgan fingerprint density at radius 2 is 1.80 bits per heavy atom. The third-order valence-electron chi connectivity index (χ3n) is 2.33. The molecule has 1 aromatic carbocycles. The van der Waals surface area contributed by atoms with Gasteiger partial charge in [-0.05, 0) is 34.1 Å². The van der Waals surface area contributed by atoms with Crippen LogP contribution in [0, 0.1) is 0 Å². The maximum atomic E-state index is 12.2. The third kappa shape index (κ3) is 3.47. The van der Waals surface area contributed by atoms with Crippen LogP contribution in [-0.4, -0.2) is 25.4 Å². The summed E-state index contributed by atoms with van der Waals surface area (Å²) in [7, 11) is -2.08. The number of halogens is 2. The lowest BCUT2D eigenvalue weighted by Gasteiger charge is -2.10. The molecule has 2 N–H and O–H groups in total. The van der Waals surface area contributed by atoms with Crippen molar-refractivity contribution in [2.24, 2.45) is 0 Å². The molecule has 2 aromatic rings. The molecule has 0 fully saturated rings. The van der Waals surface area contributed by atoms with Crippen molar-refractivity contribution < 1.29 is 8.42 Å². The largest absolute Gasteiger partial charge is 0.357 e. The van der Waals surface area contributed by atoms with E-state index in [2.05, 4.69) is 51.9 Å². The second-order valence-electron chi connectivity index (χ2n) is 3.72. The molecule has 0 radical (unpaired) electrons. The van der Waals surface area contributed by atoms with Crippen LogP contribution < -0.4 is 10.0 Å². The summed E-state index contributed by atoms with van der Waals surface area (Å²) >= 11 is 6.58. The predicted molar refractivity (Wildman–Crippen MR) is 84.2 cm³/mol. The highest BCUT2D eigenvalue weighted by atomic mass is 79.9. The Balaban J connectivity index is 2.32. The quantitative estimate of drug-likeness (QED) is 0.792. The minimum Gasteiger partial charge on any atom is -0.357 e. The summed E-state index contributed by atoms with van der Waals surface area (Å²) in [6.45, 7) is 0. The van der Waals surface area contributed by atoms with Gasteiger partial charge in [0.15, 0.2) is 0 Å². The van der Waals surface area contributed by atoms with Gasteiger partial charge < -0.3 is 5.32 Å². The smallest absolute Gasteiger partial charge is 0.265 e. The van der Waals surface area contributed by atoms with Gasteiger partial charge in [0, 0.05) is 16.0 Å². The Morgan fingerprint density at radius 1 is 1.15 bits per heavy atom. The van der Waals surface area contributed by atoms with Crippen LogP contribution in [0.3, 0.4) is 0 Å². The number of aromatic nitrogens is 2. The maximum Gasteiger partial charge on any atom is 0.265 e. The Bertz CT molecular complexity index is 720. The molecule has 0 unspecified atom stereocenters. The number of anilines is 2. The van der Waals surface area contributed by atoms with Crippen LogP contribution in [0.5, 0.6) is 0 Å². The summed E-state index contributed by atoms with van der Waals surface area (Å²) in [5, 5.41) is 2.72. The zero-order valence-corrected chi connectivity index (χ0v) is 14.3. The molecule has 0 atom stereocenters. The predicted octanol–water partition coefficient (Wildman–Crippen LogP) is 2.84. The first kappa shape index (κ1) is 15.2. The number of sulfonamides is 1. The molecule has 0 aliphatic heterocycles. The van der Waals surface area contributed by atoms with Crippen LogP contribution in [0.15, 0.2) is 44.4 Å². The molecule has 0 spiro atoms. The lowest BCUT2D eigenvalue weighted by atomic mass is 10.3. The molecular formula is C11H10Br2N4O2S. The number of hydrogen-bond acceptors (Lipinski definition) is 5. The van der Waals surface area contributed by atoms with Crippen molar-refractivity contribution in [2.45, 2.75) is 4.90 Å². The number of benzene rings is 1. The fourth-order valence-electron chi connectivity index (χ4n) is 1.36. The van der Waals surface area contributed by atoms with Crippen LogP contribution >= 0.6 is 31.9 Å². The summed E-state index contributed by atoms with van der Waals surface area (Å²) in [4.78, 5) is 7.75. The lowest BCUT2D eigenvalue weighted by Crippen LogP contribution is -2.14. The molecule has 0 bridgehead atoms. The summed E-state index contributed by atoms with van der Waals surface area (Å²) < 4.78 is 28.3. The normalized spacial score (nSPS) is 11.2. The number of hydrogen-bond donors (Lipinski definition) is 2. The molecule has 0 aliphatic rings. The first-order chi connectivity index (χ1) is 9.42. The van der Waals surface area contributed by atoms with Gasteiger partial charge in [-0.1, -0.05) is 15.9 Å². The molecule has 9 heteroatoms. The molecular weight excluding hydrogens is 412 g/mol. The molecule has 6 nitrogen and oxygen atoms in total. The van der Waals surface area contributed by atoms with E-state index in [1.54, 1.807) is 25.2 Å². The van der Waals surface area contributed by atoms with Gasteiger partial charge in [0.2, 0.25) is 5.95 Å². The van der Waals surface area contributed by atoms with Crippen molar-refractivity contribution >= 4 is 53.5 Å². The molecule has 0 aliphatic carbocycles. The topological polar surface area (TPSA) is 84.0 Å².